The van der Waals surface area contributed by atoms with Crippen LogP contribution < -0.4 is 15.4 Å². The number of halogens is 4. The van der Waals surface area contributed by atoms with Crippen molar-refractivity contribution >= 4 is 18.3 Å². The molecule has 0 saturated carbocycles. The number of rotatable bonds is 3. The molecule has 0 unspecified atom stereocenters. The number of ether oxygens (including phenoxy) is 1. The maximum Gasteiger partial charge on any atom is 0.573 e. The Balaban J connectivity index is 0.00000242. The maximum atomic E-state index is 12.1. The van der Waals surface area contributed by atoms with Crippen molar-refractivity contribution in [3.05, 3.63) is 29.8 Å². The van der Waals surface area contributed by atoms with Gasteiger partial charge in [0.15, 0.2) is 0 Å². The van der Waals surface area contributed by atoms with Gasteiger partial charge in [-0.3, -0.25) is 4.79 Å². The fraction of sp³-hybridized carbons (Fsp3) is 0.500. The number of hydrogen-bond acceptors (Lipinski definition) is 3. The highest BCUT2D eigenvalue weighted by Gasteiger charge is 2.31. The third kappa shape index (κ3) is 5.38. The Morgan fingerprint density at radius 1 is 1.23 bits per heavy atom. The molecule has 1 fully saturated rings. The minimum absolute atomic E-state index is 0. The molecule has 0 aromatic heterocycles. The van der Waals surface area contributed by atoms with Gasteiger partial charge in [-0.2, -0.15) is 0 Å². The van der Waals surface area contributed by atoms with Crippen molar-refractivity contribution in [2.24, 2.45) is 0 Å². The smallest absolute Gasteiger partial charge is 0.406 e. The van der Waals surface area contributed by atoms with Gasteiger partial charge < -0.3 is 15.4 Å². The van der Waals surface area contributed by atoms with Gasteiger partial charge in [0.2, 0.25) is 0 Å². The molecule has 0 atom stereocenters. The maximum absolute atomic E-state index is 12.1. The van der Waals surface area contributed by atoms with E-state index in [-0.39, 0.29) is 29.6 Å². The molecule has 1 aliphatic heterocycles. The van der Waals surface area contributed by atoms with E-state index in [9.17, 15) is 18.0 Å². The highest BCUT2D eigenvalue weighted by molar-refractivity contribution is 5.94. The van der Waals surface area contributed by atoms with Crippen LogP contribution in [0, 0.1) is 0 Å². The van der Waals surface area contributed by atoms with E-state index >= 15 is 0 Å². The molecule has 1 aromatic rings. The molecule has 22 heavy (non-hydrogen) atoms. The summed E-state index contributed by atoms with van der Waals surface area (Å²) >= 11 is 0. The van der Waals surface area contributed by atoms with Gasteiger partial charge in [0, 0.05) is 11.1 Å². The summed E-state index contributed by atoms with van der Waals surface area (Å²) in [6.07, 6.45) is -3.10. The zero-order chi connectivity index (χ0) is 15.5. The average molecular weight is 339 g/mol. The summed E-state index contributed by atoms with van der Waals surface area (Å²) < 4.78 is 39.9. The lowest BCUT2D eigenvalue weighted by atomic mass is 9.90. The van der Waals surface area contributed by atoms with Crippen molar-refractivity contribution in [2.45, 2.75) is 31.7 Å². The normalized spacial score (nSPS) is 17.3. The molecule has 0 spiro atoms. The lowest BCUT2D eigenvalue weighted by molar-refractivity contribution is -0.274. The topological polar surface area (TPSA) is 50.4 Å². The van der Waals surface area contributed by atoms with Crippen LogP contribution in [0.2, 0.25) is 0 Å². The van der Waals surface area contributed by atoms with Gasteiger partial charge in [0.05, 0.1) is 0 Å². The summed E-state index contributed by atoms with van der Waals surface area (Å²) in [5.41, 5.74) is 0.0213. The number of alkyl halides is 3. The van der Waals surface area contributed by atoms with E-state index in [4.69, 9.17) is 0 Å². The molecule has 124 valence electrons. The van der Waals surface area contributed by atoms with Crippen LogP contribution in [-0.2, 0) is 0 Å². The Labute approximate surface area is 132 Å². The van der Waals surface area contributed by atoms with Gasteiger partial charge in [0.1, 0.15) is 5.75 Å². The number of benzene rings is 1. The van der Waals surface area contributed by atoms with Gasteiger partial charge in [-0.1, -0.05) is 0 Å². The van der Waals surface area contributed by atoms with Gasteiger partial charge in [-0.15, -0.1) is 25.6 Å². The second-order valence-electron chi connectivity index (χ2n) is 5.34. The molecule has 1 amide bonds. The van der Waals surface area contributed by atoms with Crippen molar-refractivity contribution in [1.29, 1.82) is 0 Å². The molecule has 1 aromatic carbocycles. The lowest BCUT2D eigenvalue weighted by Gasteiger charge is -2.35. The summed E-state index contributed by atoms with van der Waals surface area (Å²) in [7, 11) is 0. The van der Waals surface area contributed by atoms with E-state index < -0.39 is 6.36 Å². The standard InChI is InChI=1S/C14H17F3N2O2.ClH/c1-13(6-8-18-9-7-13)19-12(20)10-2-4-11(5-3-10)21-14(15,16)17;/h2-5,18H,6-9H2,1H3,(H,19,20);1H. The second-order valence-corrected chi connectivity index (χ2v) is 5.34. The zero-order valence-electron chi connectivity index (χ0n) is 12.0. The van der Waals surface area contributed by atoms with Crippen molar-refractivity contribution in [3.8, 4) is 5.75 Å². The first kappa shape index (κ1) is 18.6. The quantitative estimate of drug-likeness (QED) is 0.891. The van der Waals surface area contributed by atoms with Gasteiger partial charge in [0.25, 0.3) is 5.91 Å². The summed E-state index contributed by atoms with van der Waals surface area (Å²) in [5.74, 6) is -0.634. The molecule has 4 nitrogen and oxygen atoms in total. The van der Waals surface area contributed by atoms with Gasteiger partial charge >= 0.3 is 6.36 Å². The summed E-state index contributed by atoms with van der Waals surface area (Å²) in [6.45, 7) is 3.62. The molecule has 0 bridgehead atoms. The predicted molar refractivity (Wildman–Crippen MR) is 78.3 cm³/mol. The van der Waals surface area contributed by atoms with Crippen LogP contribution in [0.5, 0.6) is 5.75 Å². The Morgan fingerprint density at radius 3 is 2.27 bits per heavy atom. The SMILES string of the molecule is CC1(NC(=O)c2ccc(OC(F)(F)F)cc2)CCNCC1.Cl. The van der Waals surface area contributed by atoms with E-state index in [1.54, 1.807) is 0 Å². The third-order valence-electron chi connectivity index (χ3n) is 3.47. The van der Waals surface area contributed by atoms with Crippen molar-refractivity contribution < 1.29 is 22.7 Å². The van der Waals surface area contributed by atoms with E-state index in [0.717, 1.165) is 38.1 Å². The van der Waals surface area contributed by atoms with E-state index in [1.807, 2.05) is 6.92 Å². The van der Waals surface area contributed by atoms with Crippen LogP contribution >= 0.6 is 12.4 Å². The van der Waals surface area contributed by atoms with Crippen LogP contribution in [0.1, 0.15) is 30.1 Å². The number of nitrogens with one attached hydrogen (secondary N) is 2. The van der Waals surface area contributed by atoms with Crippen LogP contribution in [0.3, 0.4) is 0 Å². The molecule has 0 aliphatic carbocycles. The summed E-state index contributed by atoms with van der Waals surface area (Å²) in [4.78, 5) is 12.1. The molecule has 0 radical (unpaired) electrons. The highest BCUT2D eigenvalue weighted by atomic mass is 35.5. The first-order chi connectivity index (χ1) is 9.77. The van der Waals surface area contributed by atoms with Gasteiger partial charge in [-0.05, 0) is 57.1 Å². The number of piperidine rings is 1. The first-order valence-electron chi connectivity index (χ1n) is 6.66. The second kappa shape index (κ2) is 7.19. The van der Waals surface area contributed by atoms with Crippen molar-refractivity contribution in [2.75, 3.05) is 13.1 Å². The Hall–Kier alpha value is -1.47. The van der Waals surface area contributed by atoms with Crippen LogP contribution in [0.4, 0.5) is 13.2 Å². The first-order valence-corrected chi connectivity index (χ1v) is 6.66. The molecular formula is C14H18ClF3N2O2. The molecule has 1 aliphatic rings. The fourth-order valence-electron chi connectivity index (χ4n) is 2.26. The summed E-state index contributed by atoms with van der Waals surface area (Å²) in [6, 6.07) is 4.90. The minimum Gasteiger partial charge on any atom is -0.406 e. The highest BCUT2D eigenvalue weighted by Crippen LogP contribution is 2.23. The Bertz CT molecular complexity index is 500. The lowest BCUT2D eigenvalue weighted by Crippen LogP contribution is -2.52. The third-order valence-corrected chi connectivity index (χ3v) is 3.47. The molecule has 1 heterocycles. The molecule has 2 rings (SSSR count). The van der Waals surface area contributed by atoms with Crippen LogP contribution in [0.15, 0.2) is 24.3 Å². The fourth-order valence-corrected chi connectivity index (χ4v) is 2.26. The Morgan fingerprint density at radius 2 is 1.77 bits per heavy atom. The molecule has 8 heteroatoms. The monoisotopic (exact) mass is 338 g/mol. The summed E-state index contributed by atoms with van der Waals surface area (Å²) in [5, 5.41) is 6.15. The number of carbonyl (C=O) groups is 1. The molecular weight excluding hydrogens is 321 g/mol. The largest absolute Gasteiger partial charge is 0.573 e. The predicted octanol–water partition coefficient (Wildman–Crippen LogP) is 2.88. The number of hydrogen-bond donors (Lipinski definition) is 2. The number of amides is 1. The minimum atomic E-state index is -4.73. The van der Waals surface area contributed by atoms with E-state index in [1.165, 1.54) is 12.1 Å². The molecule has 2 N–H and O–H groups in total. The van der Waals surface area contributed by atoms with Crippen LogP contribution in [-0.4, -0.2) is 30.9 Å². The number of carbonyl (C=O) groups excluding carboxylic acids is 1. The van der Waals surface area contributed by atoms with E-state index in [0.29, 0.717) is 5.56 Å². The molecule has 1 saturated heterocycles. The van der Waals surface area contributed by atoms with E-state index in [2.05, 4.69) is 15.4 Å². The average Bonchev–Trinajstić information content (AvgIpc) is 2.38. The van der Waals surface area contributed by atoms with Crippen LogP contribution in [0.25, 0.3) is 0 Å². The Kier molecular flexibility index (Phi) is 6.08. The van der Waals surface area contributed by atoms with Crippen molar-refractivity contribution in [3.63, 3.8) is 0 Å². The zero-order valence-corrected chi connectivity index (χ0v) is 12.8. The van der Waals surface area contributed by atoms with Gasteiger partial charge in [-0.25, -0.2) is 0 Å². The van der Waals surface area contributed by atoms with Crippen molar-refractivity contribution in [1.82, 2.24) is 10.6 Å².